The van der Waals surface area contributed by atoms with E-state index in [2.05, 4.69) is 52.5 Å². The third kappa shape index (κ3) is 6.60. The summed E-state index contributed by atoms with van der Waals surface area (Å²) in [6.07, 6.45) is 12.5. The van der Waals surface area contributed by atoms with Gasteiger partial charge in [-0.1, -0.05) is 44.7 Å². The van der Waals surface area contributed by atoms with E-state index in [9.17, 15) is 0 Å². The number of nitrogens with zero attached hydrogens (tertiary/aromatic N) is 2. The van der Waals surface area contributed by atoms with Crippen molar-refractivity contribution in [3.63, 3.8) is 0 Å². The molecule has 4 heteroatoms. The molecule has 0 aliphatic carbocycles. The van der Waals surface area contributed by atoms with Gasteiger partial charge in [0.05, 0.1) is 12.9 Å². The molecule has 24 heavy (non-hydrogen) atoms. The molecule has 0 N–H and O–H groups in total. The molecule has 2 aromatic rings. The van der Waals surface area contributed by atoms with Gasteiger partial charge in [-0.2, -0.15) is 11.8 Å². The first-order valence-electron chi connectivity index (χ1n) is 9.13. The molecule has 2 rings (SSSR count). The van der Waals surface area contributed by atoms with Crippen molar-refractivity contribution in [2.75, 3.05) is 12.4 Å². The predicted octanol–water partition coefficient (Wildman–Crippen LogP) is 5.73. The zero-order valence-corrected chi connectivity index (χ0v) is 15.8. The summed E-state index contributed by atoms with van der Waals surface area (Å²) in [5, 5.41) is 0.459. The van der Waals surface area contributed by atoms with Crippen LogP contribution in [0.4, 0.5) is 0 Å². The first-order valence-corrected chi connectivity index (χ1v) is 10.2. The van der Waals surface area contributed by atoms with Crippen molar-refractivity contribution in [3.05, 3.63) is 48.5 Å². The van der Waals surface area contributed by atoms with Crippen LogP contribution in [-0.2, 0) is 6.54 Å². The molecule has 1 aromatic heterocycles. The Kier molecular flexibility index (Phi) is 8.82. The number of aromatic nitrogens is 2. The van der Waals surface area contributed by atoms with Gasteiger partial charge in [0, 0.05) is 24.2 Å². The minimum atomic E-state index is 0.459. The highest BCUT2D eigenvalue weighted by Gasteiger charge is 2.13. The average Bonchev–Trinajstić information content (AvgIpc) is 3.11. The number of unbranched alkanes of at least 4 members (excludes halogenated alkanes) is 4. The molecular weight excluding hydrogens is 316 g/mol. The Morgan fingerprint density at radius 3 is 2.54 bits per heavy atom. The smallest absolute Gasteiger partial charge is 0.119 e. The van der Waals surface area contributed by atoms with Gasteiger partial charge in [0.15, 0.2) is 0 Å². The van der Waals surface area contributed by atoms with Crippen LogP contribution in [0.25, 0.3) is 0 Å². The Bertz CT molecular complexity index is 539. The van der Waals surface area contributed by atoms with E-state index in [1.54, 1.807) is 0 Å². The summed E-state index contributed by atoms with van der Waals surface area (Å²) in [7, 11) is 0. The number of thioether (sulfide) groups is 1. The van der Waals surface area contributed by atoms with E-state index in [0.717, 1.165) is 12.3 Å². The minimum Gasteiger partial charge on any atom is -0.494 e. The van der Waals surface area contributed by atoms with E-state index in [4.69, 9.17) is 4.74 Å². The fraction of sp³-hybridized carbons (Fsp3) is 0.550. The molecule has 0 bridgehead atoms. The molecule has 0 saturated heterocycles. The Morgan fingerprint density at radius 1 is 1.08 bits per heavy atom. The lowest BCUT2D eigenvalue weighted by Gasteiger charge is -2.18. The number of hydrogen-bond donors (Lipinski definition) is 0. The molecule has 1 atom stereocenters. The molecule has 0 aliphatic rings. The maximum absolute atomic E-state index is 5.56. The van der Waals surface area contributed by atoms with Gasteiger partial charge in [-0.25, -0.2) is 4.98 Å². The Hall–Kier alpha value is -1.42. The topological polar surface area (TPSA) is 27.1 Å². The second kappa shape index (κ2) is 11.2. The fourth-order valence-electron chi connectivity index (χ4n) is 2.72. The zero-order valence-electron chi connectivity index (χ0n) is 15.0. The molecule has 0 aliphatic heterocycles. The second-order valence-electron chi connectivity index (χ2n) is 6.04. The van der Waals surface area contributed by atoms with Crippen molar-refractivity contribution in [3.8, 4) is 5.75 Å². The molecule has 1 unspecified atom stereocenters. The summed E-state index contributed by atoms with van der Waals surface area (Å²) in [5.41, 5.74) is 1.37. The zero-order chi connectivity index (χ0) is 17.0. The molecule has 1 aromatic carbocycles. The summed E-state index contributed by atoms with van der Waals surface area (Å²) < 4.78 is 7.73. The van der Waals surface area contributed by atoms with Gasteiger partial charge in [0.1, 0.15) is 5.75 Å². The van der Waals surface area contributed by atoms with Crippen molar-refractivity contribution in [2.24, 2.45) is 0 Å². The van der Waals surface area contributed by atoms with Gasteiger partial charge >= 0.3 is 0 Å². The standard InChI is InChI=1S/C20H30N2OS/c1-3-5-6-7-8-15-24-20(16-22-14-13-21-17-22)18-9-11-19(12-10-18)23-4-2/h9-14,17,20H,3-8,15-16H2,1-2H3. The van der Waals surface area contributed by atoms with E-state index >= 15 is 0 Å². The Balaban J connectivity index is 1.91. The highest BCUT2D eigenvalue weighted by molar-refractivity contribution is 7.99. The Morgan fingerprint density at radius 2 is 1.88 bits per heavy atom. The molecule has 0 spiro atoms. The normalized spacial score (nSPS) is 12.2. The summed E-state index contributed by atoms with van der Waals surface area (Å²) in [5.74, 6) is 2.17. The van der Waals surface area contributed by atoms with E-state index in [0.29, 0.717) is 11.9 Å². The first-order chi connectivity index (χ1) is 11.8. The van der Waals surface area contributed by atoms with Crippen molar-refractivity contribution < 1.29 is 4.74 Å². The van der Waals surface area contributed by atoms with Crippen molar-refractivity contribution in [2.45, 2.75) is 57.7 Å². The number of ether oxygens (including phenoxy) is 1. The van der Waals surface area contributed by atoms with Crippen LogP contribution >= 0.6 is 11.8 Å². The van der Waals surface area contributed by atoms with Gasteiger partial charge in [-0.05, 0) is 36.8 Å². The molecule has 132 valence electrons. The summed E-state index contributed by atoms with van der Waals surface area (Å²) in [6.45, 7) is 5.96. The maximum atomic E-state index is 5.56. The fourth-order valence-corrected chi connectivity index (χ4v) is 4.00. The van der Waals surface area contributed by atoms with Crippen LogP contribution in [0.5, 0.6) is 5.75 Å². The lowest BCUT2D eigenvalue weighted by molar-refractivity contribution is 0.340. The van der Waals surface area contributed by atoms with Crippen LogP contribution in [0, 0.1) is 0 Å². The van der Waals surface area contributed by atoms with Crippen LogP contribution in [-0.4, -0.2) is 21.9 Å². The number of benzene rings is 1. The highest BCUT2D eigenvalue weighted by atomic mass is 32.2. The lowest BCUT2D eigenvalue weighted by Crippen LogP contribution is -2.06. The lowest BCUT2D eigenvalue weighted by atomic mass is 10.1. The van der Waals surface area contributed by atoms with Gasteiger partial charge in [-0.3, -0.25) is 0 Å². The second-order valence-corrected chi connectivity index (χ2v) is 7.35. The van der Waals surface area contributed by atoms with Gasteiger partial charge < -0.3 is 9.30 Å². The number of hydrogen-bond acceptors (Lipinski definition) is 3. The third-order valence-corrected chi connectivity index (χ3v) is 5.41. The first kappa shape index (κ1) is 18.9. The number of rotatable bonds is 12. The van der Waals surface area contributed by atoms with E-state index in [-0.39, 0.29) is 0 Å². The van der Waals surface area contributed by atoms with Crippen LogP contribution in [0.1, 0.15) is 56.8 Å². The summed E-state index contributed by atoms with van der Waals surface area (Å²) >= 11 is 2.06. The molecule has 3 nitrogen and oxygen atoms in total. The SMILES string of the molecule is CCCCCCCSC(Cn1ccnc1)c1ccc(OCC)cc1. The Labute approximate surface area is 150 Å². The van der Waals surface area contributed by atoms with Crippen LogP contribution < -0.4 is 4.74 Å². The molecule has 0 saturated carbocycles. The molecule has 1 heterocycles. The molecule has 0 amide bonds. The van der Waals surface area contributed by atoms with Gasteiger partial charge in [0.25, 0.3) is 0 Å². The van der Waals surface area contributed by atoms with E-state index in [1.807, 2.05) is 25.6 Å². The van der Waals surface area contributed by atoms with Crippen molar-refractivity contribution >= 4 is 11.8 Å². The third-order valence-electron chi connectivity index (χ3n) is 4.07. The highest BCUT2D eigenvalue weighted by Crippen LogP contribution is 2.32. The molecule has 0 fully saturated rings. The quantitative estimate of drug-likeness (QED) is 0.459. The monoisotopic (exact) mass is 346 g/mol. The summed E-state index contributed by atoms with van der Waals surface area (Å²) in [4.78, 5) is 4.17. The number of imidazole rings is 1. The van der Waals surface area contributed by atoms with E-state index < -0.39 is 0 Å². The van der Waals surface area contributed by atoms with Crippen LogP contribution in [0.2, 0.25) is 0 Å². The van der Waals surface area contributed by atoms with E-state index in [1.165, 1.54) is 43.4 Å². The molecular formula is C20H30N2OS. The van der Waals surface area contributed by atoms with Crippen LogP contribution in [0.15, 0.2) is 43.0 Å². The van der Waals surface area contributed by atoms with Crippen molar-refractivity contribution in [1.29, 1.82) is 0 Å². The largest absolute Gasteiger partial charge is 0.494 e. The summed E-state index contributed by atoms with van der Waals surface area (Å²) in [6, 6.07) is 8.58. The molecule has 0 radical (unpaired) electrons. The van der Waals surface area contributed by atoms with Crippen molar-refractivity contribution in [1.82, 2.24) is 9.55 Å². The maximum Gasteiger partial charge on any atom is 0.119 e. The van der Waals surface area contributed by atoms with Gasteiger partial charge in [0.2, 0.25) is 0 Å². The van der Waals surface area contributed by atoms with Gasteiger partial charge in [-0.15, -0.1) is 0 Å². The van der Waals surface area contributed by atoms with Crippen LogP contribution in [0.3, 0.4) is 0 Å². The predicted molar refractivity (Wildman–Crippen MR) is 104 cm³/mol. The average molecular weight is 347 g/mol. The minimum absolute atomic E-state index is 0.459.